The van der Waals surface area contributed by atoms with Crippen LogP contribution in [0.3, 0.4) is 0 Å². The van der Waals surface area contributed by atoms with Gasteiger partial charge in [0.25, 0.3) is 5.69 Å². The fraction of sp³-hybridized carbons (Fsp3) is 0.167. The number of nitro benzene ring substituents is 1. The number of nitro groups is 1. The van der Waals surface area contributed by atoms with E-state index < -0.39 is 28.9 Å². The molecule has 3 aromatic carbocycles. The highest BCUT2D eigenvalue weighted by Gasteiger charge is 2.34. The summed E-state index contributed by atoms with van der Waals surface area (Å²) in [5.41, 5.74) is 3.78. The van der Waals surface area contributed by atoms with E-state index in [0.717, 1.165) is 28.3 Å². The lowest BCUT2D eigenvalue weighted by atomic mass is 9.93. The second kappa shape index (κ2) is 8.60. The maximum atomic E-state index is 12.9. The Morgan fingerprint density at radius 3 is 2.12 bits per heavy atom. The second-order valence-electron chi connectivity index (χ2n) is 7.61. The van der Waals surface area contributed by atoms with Gasteiger partial charge in [-0.15, -0.1) is 0 Å². The highest BCUT2D eigenvalue weighted by Crippen LogP contribution is 2.46. The van der Waals surface area contributed by atoms with Crippen molar-refractivity contribution in [1.82, 2.24) is 5.32 Å². The summed E-state index contributed by atoms with van der Waals surface area (Å²) in [7, 11) is 0. The topological polar surface area (TPSA) is 130 Å². The summed E-state index contributed by atoms with van der Waals surface area (Å²) in [6.07, 6.45) is -1.65. The first kappa shape index (κ1) is 21.2. The van der Waals surface area contributed by atoms with Crippen LogP contribution in [0, 0.1) is 10.1 Å². The average Bonchev–Trinajstić information content (AvgIpc) is 3.11. The summed E-state index contributed by atoms with van der Waals surface area (Å²) in [6.45, 7) is 0. The molecule has 8 heteroatoms. The smallest absolute Gasteiger partial charge is 0.329 e. The Labute approximate surface area is 183 Å². The van der Waals surface area contributed by atoms with Crippen LogP contribution in [0.25, 0.3) is 11.1 Å². The van der Waals surface area contributed by atoms with Crippen LogP contribution in [0.15, 0.2) is 72.8 Å². The van der Waals surface area contributed by atoms with Crippen LogP contribution in [0.5, 0.6) is 0 Å². The monoisotopic (exact) mass is 432 g/mol. The largest absolute Gasteiger partial charge is 0.480 e. The van der Waals surface area contributed by atoms with Crippen molar-refractivity contribution >= 4 is 17.6 Å². The SMILES string of the molecule is O=C(CC1c2ccccc2-c2ccccc21)NC(C(=O)O)C(O)c1cccc([N+](=O)[O-])c1. The number of hydrogen-bond acceptors (Lipinski definition) is 5. The van der Waals surface area contributed by atoms with Gasteiger partial charge in [-0.3, -0.25) is 14.9 Å². The molecule has 1 aliphatic rings. The van der Waals surface area contributed by atoms with E-state index in [-0.39, 0.29) is 23.6 Å². The molecule has 3 N–H and O–H groups in total. The van der Waals surface area contributed by atoms with Crippen LogP contribution in [0.4, 0.5) is 5.69 Å². The third kappa shape index (κ3) is 3.95. The number of carboxylic acid groups (broad SMARTS) is 1. The van der Waals surface area contributed by atoms with Gasteiger partial charge >= 0.3 is 5.97 Å². The average molecular weight is 432 g/mol. The van der Waals surface area contributed by atoms with E-state index >= 15 is 0 Å². The molecule has 0 heterocycles. The van der Waals surface area contributed by atoms with Gasteiger partial charge in [-0.1, -0.05) is 60.7 Å². The first-order chi connectivity index (χ1) is 15.4. The predicted octanol–water partition coefficient (Wildman–Crippen LogP) is 3.40. The zero-order chi connectivity index (χ0) is 22.8. The minimum atomic E-state index is -1.66. The molecule has 1 amide bonds. The van der Waals surface area contributed by atoms with Gasteiger partial charge in [0, 0.05) is 24.5 Å². The number of rotatable bonds is 7. The maximum absolute atomic E-state index is 12.9. The van der Waals surface area contributed by atoms with Crippen molar-refractivity contribution in [2.75, 3.05) is 0 Å². The molecule has 2 atom stereocenters. The lowest BCUT2D eigenvalue weighted by Gasteiger charge is -2.22. The molecule has 1 aliphatic carbocycles. The molecule has 3 aromatic rings. The summed E-state index contributed by atoms with van der Waals surface area (Å²) < 4.78 is 0. The molecule has 0 spiro atoms. The fourth-order valence-electron chi connectivity index (χ4n) is 4.19. The number of hydrogen-bond donors (Lipinski definition) is 3. The van der Waals surface area contributed by atoms with Gasteiger partial charge in [0.1, 0.15) is 6.10 Å². The van der Waals surface area contributed by atoms with Crippen molar-refractivity contribution in [2.24, 2.45) is 0 Å². The number of non-ortho nitro benzene ring substituents is 1. The van der Waals surface area contributed by atoms with Gasteiger partial charge < -0.3 is 15.5 Å². The summed E-state index contributed by atoms with van der Waals surface area (Å²) in [6, 6.07) is 18.9. The number of nitrogens with one attached hydrogen (secondary N) is 1. The number of aliphatic hydroxyl groups excluding tert-OH is 1. The highest BCUT2D eigenvalue weighted by atomic mass is 16.6. The zero-order valence-electron chi connectivity index (χ0n) is 16.8. The first-order valence-electron chi connectivity index (χ1n) is 9.99. The Bertz CT molecular complexity index is 1160. The maximum Gasteiger partial charge on any atom is 0.329 e. The molecule has 0 radical (unpaired) electrons. The number of carbonyl (C=O) groups is 2. The number of amides is 1. The van der Waals surface area contributed by atoms with E-state index in [1.54, 1.807) is 0 Å². The lowest BCUT2D eigenvalue weighted by molar-refractivity contribution is -0.385. The summed E-state index contributed by atoms with van der Waals surface area (Å²) in [5.74, 6) is -2.23. The molecular weight excluding hydrogens is 412 g/mol. The van der Waals surface area contributed by atoms with E-state index in [9.17, 15) is 29.9 Å². The molecule has 2 unspecified atom stereocenters. The summed E-state index contributed by atoms with van der Waals surface area (Å²) >= 11 is 0. The van der Waals surface area contributed by atoms with Gasteiger partial charge in [0.05, 0.1) is 4.92 Å². The summed E-state index contributed by atoms with van der Waals surface area (Å²) in [4.78, 5) is 35.0. The van der Waals surface area contributed by atoms with Gasteiger partial charge in [0.2, 0.25) is 5.91 Å². The highest BCUT2D eigenvalue weighted by molar-refractivity contribution is 5.87. The van der Waals surface area contributed by atoms with E-state index in [1.165, 1.54) is 18.2 Å². The number of benzene rings is 3. The zero-order valence-corrected chi connectivity index (χ0v) is 16.8. The van der Waals surface area contributed by atoms with E-state index in [0.29, 0.717) is 0 Å². The van der Waals surface area contributed by atoms with Crippen LogP contribution in [0.2, 0.25) is 0 Å². The Kier molecular flexibility index (Phi) is 5.70. The Balaban J connectivity index is 1.55. The number of nitrogens with zero attached hydrogens (tertiary/aromatic N) is 1. The molecule has 0 bridgehead atoms. The first-order valence-corrected chi connectivity index (χ1v) is 9.99. The van der Waals surface area contributed by atoms with Crippen molar-refractivity contribution < 1.29 is 24.7 Å². The molecule has 0 saturated heterocycles. The molecule has 0 aromatic heterocycles. The van der Waals surface area contributed by atoms with Gasteiger partial charge in [0.15, 0.2) is 6.04 Å². The predicted molar refractivity (Wildman–Crippen MR) is 116 cm³/mol. The quantitative estimate of drug-likeness (QED) is 0.388. The number of carbonyl (C=O) groups excluding carboxylic acids is 1. The minimum absolute atomic E-state index is 0.000532. The van der Waals surface area contributed by atoms with Gasteiger partial charge in [-0.25, -0.2) is 4.79 Å². The third-order valence-corrected chi connectivity index (χ3v) is 5.67. The number of aliphatic hydroxyl groups is 1. The van der Waals surface area contributed by atoms with E-state index in [2.05, 4.69) is 5.32 Å². The van der Waals surface area contributed by atoms with E-state index in [4.69, 9.17) is 0 Å². The van der Waals surface area contributed by atoms with Crippen LogP contribution in [0.1, 0.15) is 35.1 Å². The molecule has 0 saturated carbocycles. The van der Waals surface area contributed by atoms with Crippen LogP contribution in [-0.4, -0.2) is 33.1 Å². The van der Waals surface area contributed by atoms with Crippen molar-refractivity contribution in [1.29, 1.82) is 0 Å². The van der Waals surface area contributed by atoms with Crippen LogP contribution >= 0.6 is 0 Å². The minimum Gasteiger partial charge on any atom is -0.480 e. The standard InChI is InChI=1S/C24H20N2O6/c27-21(13-20-18-10-3-1-8-16(18)17-9-2-4-11-19(17)20)25-22(24(29)30)23(28)14-6-5-7-15(12-14)26(31)32/h1-12,20,22-23,28H,13H2,(H,25,27)(H,29,30). The van der Waals surface area contributed by atoms with Crippen molar-refractivity contribution in [3.8, 4) is 11.1 Å². The Hall–Kier alpha value is -4.04. The molecule has 0 aliphatic heterocycles. The molecule has 0 fully saturated rings. The summed E-state index contributed by atoms with van der Waals surface area (Å²) in [5, 5.41) is 33.5. The van der Waals surface area contributed by atoms with Crippen LogP contribution in [-0.2, 0) is 9.59 Å². The number of aliphatic carboxylic acids is 1. The normalized spacial score (nSPS) is 14.2. The Morgan fingerprint density at radius 1 is 0.969 bits per heavy atom. The molecule has 32 heavy (non-hydrogen) atoms. The molecule has 8 nitrogen and oxygen atoms in total. The molecule has 162 valence electrons. The number of fused-ring (bicyclic) bond motifs is 3. The van der Waals surface area contributed by atoms with Crippen molar-refractivity contribution in [3.63, 3.8) is 0 Å². The lowest BCUT2D eigenvalue weighted by Crippen LogP contribution is -2.45. The second-order valence-corrected chi connectivity index (χ2v) is 7.61. The van der Waals surface area contributed by atoms with Gasteiger partial charge in [-0.05, 0) is 27.8 Å². The van der Waals surface area contributed by atoms with Gasteiger partial charge in [-0.2, -0.15) is 0 Å². The van der Waals surface area contributed by atoms with Crippen molar-refractivity contribution in [2.45, 2.75) is 24.5 Å². The molecule has 4 rings (SSSR count). The van der Waals surface area contributed by atoms with E-state index in [1.807, 2.05) is 48.5 Å². The fourth-order valence-corrected chi connectivity index (χ4v) is 4.19. The Morgan fingerprint density at radius 2 is 1.56 bits per heavy atom. The number of carboxylic acids is 1. The molecular formula is C24H20N2O6. The van der Waals surface area contributed by atoms with Crippen LogP contribution < -0.4 is 5.32 Å². The third-order valence-electron chi connectivity index (χ3n) is 5.67. The van der Waals surface area contributed by atoms with Crippen molar-refractivity contribution in [3.05, 3.63) is 99.6 Å².